The lowest BCUT2D eigenvalue weighted by Crippen LogP contribution is -2.26. The summed E-state index contributed by atoms with van der Waals surface area (Å²) in [6, 6.07) is 2.22. The van der Waals surface area contributed by atoms with Crippen molar-refractivity contribution in [2.24, 2.45) is 5.92 Å². The normalized spacial score (nSPS) is 20.3. The second kappa shape index (κ2) is 5.52. The van der Waals surface area contributed by atoms with Crippen molar-refractivity contribution in [3.05, 3.63) is 29.3 Å². The number of carboxylic acids is 1. The number of hydrogen-bond acceptors (Lipinski definition) is 3. The number of halogens is 2. The van der Waals surface area contributed by atoms with Crippen LogP contribution in [0.4, 0.5) is 14.5 Å². The van der Waals surface area contributed by atoms with E-state index in [1.807, 2.05) is 6.92 Å². The molecule has 4 nitrogen and oxygen atoms in total. The van der Waals surface area contributed by atoms with Gasteiger partial charge in [0, 0.05) is 18.6 Å². The van der Waals surface area contributed by atoms with Gasteiger partial charge >= 0.3 is 5.97 Å². The Hall–Kier alpha value is -1.69. The van der Waals surface area contributed by atoms with Crippen molar-refractivity contribution in [1.29, 1.82) is 0 Å². The van der Waals surface area contributed by atoms with Crippen LogP contribution in [-0.4, -0.2) is 30.3 Å². The number of hydrogen-bond donors (Lipinski definition) is 2. The van der Waals surface area contributed by atoms with E-state index >= 15 is 0 Å². The number of carboxylic acid groups (broad SMARTS) is 1. The van der Waals surface area contributed by atoms with Crippen LogP contribution in [-0.2, 0) is 4.74 Å². The average Bonchev–Trinajstić information content (AvgIpc) is 2.88. The van der Waals surface area contributed by atoms with E-state index in [2.05, 4.69) is 5.32 Å². The molecule has 1 aromatic carbocycles. The maximum atomic E-state index is 13.7. The monoisotopic (exact) mass is 271 g/mol. The van der Waals surface area contributed by atoms with Gasteiger partial charge in [-0.25, -0.2) is 13.6 Å². The Morgan fingerprint density at radius 3 is 2.79 bits per heavy atom. The first kappa shape index (κ1) is 13.7. The Labute approximate surface area is 109 Å². The average molecular weight is 271 g/mol. The third kappa shape index (κ3) is 2.84. The molecule has 0 aromatic heterocycles. The van der Waals surface area contributed by atoms with Crippen LogP contribution in [0.25, 0.3) is 0 Å². The first-order chi connectivity index (χ1) is 9.00. The summed E-state index contributed by atoms with van der Waals surface area (Å²) >= 11 is 0. The second-order valence-corrected chi connectivity index (χ2v) is 4.65. The first-order valence-electron chi connectivity index (χ1n) is 6.06. The molecular weight excluding hydrogens is 256 g/mol. The highest BCUT2D eigenvalue weighted by Gasteiger charge is 2.24. The molecule has 0 amide bonds. The molecule has 2 atom stereocenters. The first-order valence-corrected chi connectivity index (χ1v) is 6.06. The Morgan fingerprint density at radius 2 is 2.21 bits per heavy atom. The Bertz CT molecular complexity index is 487. The van der Waals surface area contributed by atoms with Crippen molar-refractivity contribution >= 4 is 11.7 Å². The van der Waals surface area contributed by atoms with Gasteiger partial charge in [-0.1, -0.05) is 0 Å². The molecule has 0 saturated carbocycles. The zero-order chi connectivity index (χ0) is 14.0. The van der Waals surface area contributed by atoms with Gasteiger partial charge in [0.05, 0.1) is 17.9 Å². The van der Waals surface area contributed by atoms with E-state index in [0.717, 1.165) is 12.5 Å². The quantitative estimate of drug-likeness (QED) is 0.883. The number of ether oxygens (including phenoxy) is 1. The molecule has 0 aliphatic carbocycles. The van der Waals surface area contributed by atoms with Gasteiger partial charge in [-0.15, -0.1) is 0 Å². The molecule has 1 heterocycles. The van der Waals surface area contributed by atoms with Crippen molar-refractivity contribution in [1.82, 2.24) is 0 Å². The fourth-order valence-corrected chi connectivity index (χ4v) is 2.14. The lowest BCUT2D eigenvalue weighted by atomic mass is 10.0. The number of carbonyl (C=O) groups is 1. The van der Waals surface area contributed by atoms with Crippen LogP contribution in [0, 0.1) is 17.6 Å². The van der Waals surface area contributed by atoms with E-state index in [4.69, 9.17) is 9.84 Å². The van der Waals surface area contributed by atoms with Crippen LogP contribution in [0.1, 0.15) is 23.7 Å². The minimum Gasteiger partial charge on any atom is -0.478 e. The van der Waals surface area contributed by atoms with Crippen LogP contribution in [0.2, 0.25) is 0 Å². The van der Waals surface area contributed by atoms with Crippen LogP contribution in [0.15, 0.2) is 12.1 Å². The molecule has 1 fully saturated rings. The standard InChI is InChI=1S/C13H15F2NO3/c1-7(8-4-5-19-6-8)16-10-3-2-9(13(17)18)11(14)12(10)15/h2-3,7-8,16H,4-6H2,1H3,(H,17,18). The van der Waals surface area contributed by atoms with E-state index in [1.165, 1.54) is 6.07 Å². The molecule has 2 N–H and O–H groups in total. The minimum atomic E-state index is -1.49. The number of rotatable bonds is 4. The highest BCUT2D eigenvalue weighted by Crippen LogP contribution is 2.24. The molecule has 0 radical (unpaired) electrons. The lowest BCUT2D eigenvalue weighted by molar-refractivity contribution is 0.0690. The molecule has 6 heteroatoms. The van der Waals surface area contributed by atoms with Gasteiger partial charge in [0.15, 0.2) is 11.6 Å². The molecule has 0 spiro atoms. The van der Waals surface area contributed by atoms with E-state index in [0.29, 0.717) is 13.2 Å². The molecule has 1 aliphatic heterocycles. The number of benzene rings is 1. The summed E-state index contributed by atoms with van der Waals surface area (Å²) < 4.78 is 32.5. The molecule has 19 heavy (non-hydrogen) atoms. The molecule has 1 aliphatic rings. The largest absolute Gasteiger partial charge is 0.478 e. The predicted molar refractivity (Wildman–Crippen MR) is 65.3 cm³/mol. The van der Waals surface area contributed by atoms with Crippen LogP contribution in [0.5, 0.6) is 0 Å². The fourth-order valence-electron chi connectivity index (χ4n) is 2.14. The summed E-state index contributed by atoms with van der Waals surface area (Å²) in [7, 11) is 0. The molecule has 1 saturated heterocycles. The van der Waals surface area contributed by atoms with Gasteiger partial charge < -0.3 is 15.2 Å². The number of nitrogens with one attached hydrogen (secondary N) is 1. The summed E-state index contributed by atoms with van der Waals surface area (Å²) in [6.45, 7) is 3.12. The Morgan fingerprint density at radius 1 is 1.47 bits per heavy atom. The van der Waals surface area contributed by atoms with Gasteiger partial charge in [0.25, 0.3) is 0 Å². The fraction of sp³-hybridized carbons (Fsp3) is 0.462. The van der Waals surface area contributed by atoms with Crippen LogP contribution >= 0.6 is 0 Å². The Balaban J connectivity index is 2.16. The number of aromatic carboxylic acids is 1. The van der Waals surface area contributed by atoms with Crippen molar-refractivity contribution in [2.45, 2.75) is 19.4 Å². The van der Waals surface area contributed by atoms with Gasteiger partial charge in [-0.05, 0) is 25.5 Å². The summed E-state index contributed by atoms with van der Waals surface area (Å²) in [4.78, 5) is 10.7. The summed E-state index contributed by atoms with van der Waals surface area (Å²) in [5.74, 6) is -3.75. The van der Waals surface area contributed by atoms with Gasteiger partial charge in [-0.3, -0.25) is 0 Å². The summed E-state index contributed by atoms with van der Waals surface area (Å²) in [6.07, 6.45) is 0.867. The Kier molecular flexibility index (Phi) is 3.99. The third-order valence-corrected chi connectivity index (χ3v) is 3.37. The maximum Gasteiger partial charge on any atom is 0.338 e. The van der Waals surface area contributed by atoms with E-state index in [1.54, 1.807) is 0 Å². The topological polar surface area (TPSA) is 58.6 Å². The van der Waals surface area contributed by atoms with Crippen molar-refractivity contribution in [3.63, 3.8) is 0 Å². The zero-order valence-corrected chi connectivity index (χ0v) is 10.5. The maximum absolute atomic E-state index is 13.7. The molecular formula is C13H15F2NO3. The predicted octanol–water partition coefficient (Wildman–Crippen LogP) is 2.50. The molecule has 1 aromatic rings. The van der Waals surface area contributed by atoms with Crippen molar-refractivity contribution < 1.29 is 23.4 Å². The van der Waals surface area contributed by atoms with Crippen LogP contribution in [0.3, 0.4) is 0 Å². The van der Waals surface area contributed by atoms with E-state index in [-0.39, 0.29) is 17.6 Å². The minimum absolute atomic E-state index is 0.0260. The highest BCUT2D eigenvalue weighted by atomic mass is 19.2. The number of anilines is 1. The van der Waals surface area contributed by atoms with Crippen LogP contribution < -0.4 is 5.32 Å². The molecule has 2 unspecified atom stereocenters. The van der Waals surface area contributed by atoms with Gasteiger partial charge in [-0.2, -0.15) is 0 Å². The summed E-state index contributed by atoms with van der Waals surface area (Å²) in [5, 5.41) is 11.6. The zero-order valence-electron chi connectivity index (χ0n) is 10.5. The van der Waals surface area contributed by atoms with Gasteiger partial charge in [0.1, 0.15) is 0 Å². The van der Waals surface area contributed by atoms with E-state index < -0.39 is 23.2 Å². The van der Waals surface area contributed by atoms with Gasteiger partial charge in [0.2, 0.25) is 0 Å². The lowest BCUT2D eigenvalue weighted by Gasteiger charge is -2.21. The smallest absolute Gasteiger partial charge is 0.338 e. The SMILES string of the molecule is CC(Nc1ccc(C(=O)O)c(F)c1F)C1CCOC1. The molecule has 0 bridgehead atoms. The second-order valence-electron chi connectivity index (χ2n) is 4.65. The summed E-state index contributed by atoms with van der Waals surface area (Å²) in [5.41, 5.74) is -0.693. The highest BCUT2D eigenvalue weighted by molar-refractivity contribution is 5.88. The third-order valence-electron chi connectivity index (χ3n) is 3.37. The van der Waals surface area contributed by atoms with Crippen molar-refractivity contribution in [3.8, 4) is 0 Å². The van der Waals surface area contributed by atoms with Crippen molar-refractivity contribution in [2.75, 3.05) is 18.5 Å². The van der Waals surface area contributed by atoms with E-state index in [9.17, 15) is 13.6 Å². The molecule has 2 rings (SSSR count). The molecule has 104 valence electrons.